The summed E-state index contributed by atoms with van der Waals surface area (Å²) in [6, 6.07) is 6.69. The van der Waals surface area contributed by atoms with Gasteiger partial charge in [0.1, 0.15) is 0 Å². The average molecular weight is 265 g/mol. The lowest BCUT2D eigenvalue weighted by atomic mass is 10.2. The fourth-order valence-corrected chi connectivity index (χ4v) is 1.83. The molecule has 1 atom stereocenters. The van der Waals surface area contributed by atoms with Crippen LogP contribution in [0, 0.1) is 0 Å². The Hall–Kier alpha value is -1.26. The number of hydrogen-bond donors (Lipinski definition) is 2. The van der Waals surface area contributed by atoms with E-state index in [1.54, 1.807) is 14.0 Å². The number of hydrogen-bond acceptors (Lipinski definition) is 4. The highest BCUT2D eigenvalue weighted by atomic mass is 16.5. The highest BCUT2D eigenvalue weighted by molar-refractivity contribution is 5.43. The van der Waals surface area contributed by atoms with Crippen molar-refractivity contribution in [3.8, 4) is 11.5 Å². The van der Waals surface area contributed by atoms with Crippen molar-refractivity contribution in [2.45, 2.75) is 44.9 Å². The molecule has 4 nitrogen and oxygen atoms in total. The Morgan fingerprint density at radius 3 is 2.79 bits per heavy atom. The first-order valence-corrected chi connectivity index (χ1v) is 6.90. The van der Waals surface area contributed by atoms with Crippen LogP contribution < -0.4 is 14.8 Å². The van der Waals surface area contributed by atoms with E-state index in [1.807, 2.05) is 12.1 Å². The molecule has 1 saturated carbocycles. The van der Waals surface area contributed by atoms with Crippen LogP contribution in [0.5, 0.6) is 11.5 Å². The van der Waals surface area contributed by atoms with Gasteiger partial charge in [-0.15, -0.1) is 0 Å². The van der Waals surface area contributed by atoms with E-state index >= 15 is 0 Å². The van der Waals surface area contributed by atoms with E-state index in [2.05, 4.69) is 11.4 Å². The van der Waals surface area contributed by atoms with Crippen LogP contribution in [-0.2, 0) is 6.54 Å². The zero-order valence-electron chi connectivity index (χ0n) is 11.7. The van der Waals surface area contributed by atoms with Crippen LogP contribution in [0.4, 0.5) is 0 Å². The molecule has 0 bridgehead atoms. The molecular weight excluding hydrogens is 242 g/mol. The maximum Gasteiger partial charge on any atom is 0.161 e. The average Bonchev–Trinajstić information content (AvgIpc) is 3.20. The highest BCUT2D eigenvalue weighted by Gasteiger charge is 2.20. The topological polar surface area (TPSA) is 50.7 Å². The van der Waals surface area contributed by atoms with E-state index in [9.17, 15) is 5.11 Å². The summed E-state index contributed by atoms with van der Waals surface area (Å²) in [5.74, 6) is 1.49. The standard InChI is InChI=1S/C15H23NO3/c1-11(17)7-8-19-15-9-12(3-6-14(15)18-2)10-16-13-4-5-13/h3,6,9,11,13,16-17H,4-5,7-8,10H2,1-2H3. The van der Waals surface area contributed by atoms with E-state index in [4.69, 9.17) is 9.47 Å². The van der Waals surface area contributed by atoms with Crippen LogP contribution in [0.3, 0.4) is 0 Å². The molecule has 1 fully saturated rings. The molecule has 19 heavy (non-hydrogen) atoms. The molecule has 0 aromatic heterocycles. The first kappa shape index (κ1) is 14.2. The molecule has 1 aromatic rings. The summed E-state index contributed by atoms with van der Waals surface area (Å²) in [5, 5.41) is 12.7. The Kier molecular flexibility index (Phi) is 5.05. The first-order valence-electron chi connectivity index (χ1n) is 6.90. The molecule has 1 aliphatic rings. The third-order valence-corrected chi connectivity index (χ3v) is 3.19. The third-order valence-electron chi connectivity index (χ3n) is 3.19. The Morgan fingerprint density at radius 2 is 2.16 bits per heavy atom. The Labute approximate surface area is 114 Å². The molecule has 0 heterocycles. The van der Waals surface area contributed by atoms with E-state index in [0.717, 1.165) is 18.0 Å². The van der Waals surface area contributed by atoms with Gasteiger partial charge in [-0.05, 0) is 37.5 Å². The van der Waals surface area contributed by atoms with Gasteiger partial charge in [0.15, 0.2) is 11.5 Å². The van der Waals surface area contributed by atoms with Gasteiger partial charge >= 0.3 is 0 Å². The van der Waals surface area contributed by atoms with Gasteiger partial charge in [-0.2, -0.15) is 0 Å². The zero-order chi connectivity index (χ0) is 13.7. The van der Waals surface area contributed by atoms with Gasteiger partial charge in [0.05, 0.1) is 19.8 Å². The lowest BCUT2D eigenvalue weighted by molar-refractivity contribution is 0.154. The molecule has 106 valence electrons. The second-order valence-corrected chi connectivity index (χ2v) is 5.13. The molecule has 0 aliphatic heterocycles. The van der Waals surface area contributed by atoms with Crippen molar-refractivity contribution in [3.63, 3.8) is 0 Å². The molecule has 1 aromatic carbocycles. The van der Waals surface area contributed by atoms with Crippen LogP contribution in [0.2, 0.25) is 0 Å². The fourth-order valence-electron chi connectivity index (χ4n) is 1.83. The molecule has 0 radical (unpaired) electrons. The molecule has 4 heteroatoms. The summed E-state index contributed by atoms with van der Waals surface area (Å²) >= 11 is 0. The number of rotatable bonds is 8. The molecule has 1 unspecified atom stereocenters. The molecule has 2 rings (SSSR count). The van der Waals surface area contributed by atoms with Gasteiger partial charge in [-0.25, -0.2) is 0 Å². The van der Waals surface area contributed by atoms with Crippen molar-refractivity contribution in [1.82, 2.24) is 5.32 Å². The minimum absolute atomic E-state index is 0.342. The Morgan fingerprint density at radius 1 is 1.37 bits per heavy atom. The predicted octanol–water partition coefficient (Wildman–Crippen LogP) is 2.10. The molecule has 0 amide bonds. The largest absolute Gasteiger partial charge is 0.493 e. The first-order chi connectivity index (χ1) is 9.19. The lowest BCUT2D eigenvalue weighted by Gasteiger charge is -2.13. The lowest BCUT2D eigenvalue weighted by Crippen LogP contribution is -2.15. The smallest absolute Gasteiger partial charge is 0.161 e. The summed E-state index contributed by atoms with van der Waals surface area (Å²) in [6.45, 7) is 3.12. The predicted molar refractivity (Wildman–Crippen MR) is 74.6 cm³/mol. The van der Waals surface area contributed by atoms with Gasteiger partial charge < -0.3 is 19.9 Å². The second kappa shape index (κ2) is 6.78. The Bertz CT molecular complexity index is 402. The van der Waals surface area contributed by atoms with Crippen molar-refractivity contribution in [1.29, 1.82) is 0 Å². The summed E-state index contributed by atoms with van der Waals surface area (Å²) in [4.78, 5) is 0. The molecule has 2 N–H and O–H groups in total. The van der Waals surface area contributed by atoms with Crippen molar-refractivity contribution in [2.75, 3.05) is 13.7 Å². The van der Waals surface area contributed by atoms with Crippen molar-refractivity contribution in [2.24, 2.45) is 0 Å². The molecule has 0 saturated heterocycles. The second-order valence-electron chi connectivity index (χ2n) is 5.13. The third kappa shape index (κ3) is 4.73. The number of aliphatic hydroxyl groups excluding tert-OH is 1. The van der Waals surface area contributed by atoms with Crippen molar-refractivity contribution < 1.29 is 14.6 Å². The maximum atomic E-state index is 9.24. The summed E-state index contributed by atoms with van der Waals surface area (Å²) in [5.41, 5.74) is 1.19. The minimum atomic E-state index is -0.342. The van der Waals surface area contributed by atoms with Gasteiger partial charge in [-0.3, -0.25) is 0 Å². The number of nitrogens with one attached hydrogen (secondary N) is 1. The van der Waals surface area contributed by atoms with E-state index in [1.165, 1.54) is 18.4 Å². The van der Waals surface area contributed by atoms with Crippen LogP contribution in [-0.4, -0.2) is 31.0 Å². The molecular formula is C15H23NO3. The highest BCUT2D eigenvalue weighted by Crippen LogP contribution is 2.28. The van der Waals surface area contributed by atoms with Gasteiger partial charge in [0.25, 0.3) is 0 Å². The number of methoxy groups -OCH3 is 1. The van der Waals surface area contributed by atoms with Gasteiger partial charge in [-0.1, -0.05) is 6.07 Å². The molecule has 1 aliphatic carbocycles. The van der Waals surface area contributed by atoms with Gasteiger partial charge in [0, 0.05) is 19.0 Å². The van der Waals surface area contributed by atoms with E-state index in [-0.39, 0.29) is 6.10 Å². The zero-order valence-corrected chi connectivity index (χ0v) is 11.7. The number of benzene rings is 1. The van der Waals surface area contributed by atoms with Crippen molar-refractivity contribution >= 4 is 0 Å². The Balaban J connectivity index is 1.93. The number of ether oxygens (including phenoxy) is 2. The SMILES string of the molecule is COc1ccc(CNC2CC2)cc1OCCC(C)O. The normalized spacial score (nSPS) is 16.2. The van der Waals surface area contributed by atoms with E-state index in [0.29, 0.717) is 19.1 Å². The maximum absolute atomic E-state index is 9.24. The van der Waals surface area contributed by atoms with Crippen molar-refractivity contribution in [3.05, 3.63) is 23.8 Å². The van der Waals surface area contributed by atoms with Crippen LogP contribution in [0.1, 0.15) is 31.7 Å². The number of aliphatic hydroxyl groups is 1. The van der Waals surface area contributed by atoms with E-state index < -0.39 is 0 Å². The summed E-state index contributed by atoms with van der Waals surface area (Å²) in [7, 11) is 1.64. The van der Waals surface area contributed by atoms with Crippen LogP contribution in [0.25, 0.3) is 0 Å². The fraction of sp³-hybridized carbons (Fsp3) is 0.600. The minimum Gasteiger partial charge on any atom is -0.493 e. The summed E-state index contributed by atoms with van der Waals surface area (Å²) in [6.07, 6.45) is 2.85. The quantitative estimate of drug-likeness (QED) is 0.756. The molecule has 0 spiro atoms. The monoisotopic (exact) mass is 265 g/mol. The van der Waals surface area contributed by atoms with Gasteiger partial charge in [0.2, 0.25) is 0 Å². The summed E-state index contributed by atoms with van der Waals surface area (Å²) < 4.78 is 11.0. The van der Waals surface area contributed by atoms with Crippen LogP contribution >= 0.6 is 0 Å². The van der Waals surface area contributed by atoms with Crippen LogP contribution in [0.15, 0.2) is 18.2 Å².